The lowest BCUT2D eigenvalue weighted by atomic mass is 10.4. The molecule has 2 aromatic heterocycles. The molecule has 0 atom stereocenters. The van der Waals surface area contributed by atoms with Crippen LogP contribution in [0.3, 0.4) is 0 Å². The summed E-state index contributed by atoms with van der Waals surface area (Å²) in [6, 6.07) is 1.96. The fourth-order valence-corrected chi connectivity index (χ4v) is 2.09. The van der Waals surface area contributed by atoms with Crippen LogP contribution >= 0.6 is 11.5 Å². The van der Waals surface area contributed by atoms with Crippen LogP contribution in [0.15, 0.2) is 12.3 Å². The van der Waals surface area contributed by atoms with E-state index in [4.69, 9.17) is 10.5 Å². The molecule has 0 bridgehead atoms. The lowest BCUT2D eigenvalue weighted by Crippen LogP contribution is -2.05. The Morgan fingerprint density at radius 1 is 1.59 bits per heavy atom. The van der Waals surface area contributed by atoms with E-state index in [-0.39, 0.29) is 0 Å². The van der Waals surface area contributed by atoms with Gasteiger partial charge in [-0.3, -0.25) is 4.68 Å². The van der Waals surface area contributed by atoms with Gasteiger partial charge in [-0.05, 0) is 24.5 Å². The number of hydrogen-bond acceptors (Lipinski definition) is 6. The van der Waals surface area contributed by atoms with E-state index >= 15 is 0 Å². The summed E-state index contributed by atoms with van der Waals surface area (Å²) in [4.78, 5) is 0. The molecule has 0 saturated heterocycles. The van der Waals surface area contributed by atoms with Crippen LogP contribution in [0, 0.1) is 0 Å². The molecule has 2 rings (SSSR count). The van der Waals surface area contributed by atoms with Crippen molar-refractivity contribution >= 4 is 22.4 Å². The molecule has 0 aliphatic rings. The quantitative estimate of drug-likeness (QED) is 0.843. The Kier molecular flexibility index (Phi) is 3.48. The van der Waals surface area contributed by atoms with Gasteiger partial charge in [0.1, 0.15) is 0 Å². The third-order valence-electron chi connectivity index (χ3n) is 2.32. The first-order valence-electron chi connectivity index (χ1n) is 5.31. The van der Waals surface area contributed by atoms with Gasteiger partial charge in [0.2, 0.25) is 0 Å². The minimum atomic E-state index is 0.435. The summed E-state index contributed by atoms with van der Waals surface area (Å²) in [7, 11) is 1.90. The van der Waals surface area contributed by atoms with Crippen molar-refractivity contribution in [1.29, 1.82) is 0 Å². The van der Waals surface area contributed by atoms with Crippen molar-refractivity contribution in [3.8, 4) is 5.75 Å². The van der Waals surface area contributed by atoms with E-state index in [1.807, 2.05) is 24.7 Å². The number of aryl methyl sites for hydroxylation is 1. The molecule has 0 aliphatic heterocycles. The van der Waals surface area contributed by atoms with Crippen LogP contribution in [-0.2, 0) is 13.6 Å². The van der Waals surface area contributed by atoms with Crippen molar-refractivity contribution in [2.75, 3.05) is 17.7 Å². The summed E-state index contributed by atoms with van der Waals surface area (Å²) in [6.07, 6.45) is 1.77. The van der Waals surface area contributed by atoms with E-state index in [0.717, 1.165) is 10.7 Å². The van der Waals surface area contributed by atoms with Gasteiger partial charge in [0, 0.05) is 13.2 Å². The number of nitrogens with two attached hydrogens (primary N) is 1. The first kappa shape index (κ1) is 11.7. The average Bonchev–Trinajstić information content (AvgIpc) is 2.86. The lowest BCUT2D eigenvalue weighted by molar-refractivity contribution is 0.344. The van der Waals surface area contributed by atoms with Gasteiger partial charge in [0.15, 0.2) is 16.6 Å². The Morgan fingerprint density at radius 3 is 3.06 bits per heavy atom. The number of nitrogen functional groups attached to an aromatic ring is 1. The van der Waals surface area contributed by atoms with Crippen LogP contribution in [0.25, 0.3) is 0 Å². The van der Waals surface area contributed by atoms with Crippen molar-refractivity contribution in [2.24, 2.45) is 7.05 Å². The zero-order valence-electron chi connectivity index (χ0n) is 9.80. The van der Waals surface area contributed by atoms with Crippen LogP contribution in [0.5, 0.6) is 5.75 Å². The molecule has 0 saturated carbocycles. The topological polar surface area (TPSA) is 78.0 Å². The zero-order chi connectivity index (χ0) is 12.3. The molecule has 0 unspecified atom stereocenters. The van der Waals surface area contributed by atoms with E-state index in [1.165, 1.54) is 11.5 Å². The number of anilines is 2. The van der Waals surface area contributed by atoms with Crippen molar-refractivity contribution in [3.63, 3.8) is 0 Å². The second-order valence-corrected chi connectivity index (χ2v) is 4.23. The summed E-state index contributed by atoms with van der Waals surface area (Å²) >= 11 is 1.30. The first-order chi connectivity index (χ1) is 8.22. The predicted octanol–water partition coefficient (Wildman–Crippen LogP) is 1.47. The lowest BCUT2D eigenvalue weighted by Gasteiger charge is -2.07. The van der Waals surface area contributed by atoms with Crippen LogP contribution in [0.2, 0.25) is 0 Å². The van der Waals surface area contributed by atoms with Crippen molar-refractivity contribution in [1.82, 2.24) is 14.2 Å². The maximum Gasteiger partial charge on any atom is 0.197 e. The van der Waals surface area contributed by atoms with Gasteiger partial charge in [-0.2, -0.15) is 9.47 Å². The van der Waals surface area contributed by atoms with Gasteiger partial charge in [-0.25, -0.2) is 0 Å². The molecule has 92 valence electrons. The molecule has 0 aliphatic carbocycles. The Labute approximate surface area is 104 Å². The number of rotatable bonds is 5. The molecular weight excluding hydrogens is 238 g/mol. The van der Waals surface area contributed by atoms with Gasteiger partial charge in [-0.1, -0.05) is 0 Å². The maximum absolute atomic E-state index is 5.72. The van der Waals surface area contributed by atoms with Gasteiger partial charge in [0.25, 0.3) is 0 Å². The Balaban J connectivity index is 2.06. The molecule has 0 radical (unpaired) electrons. The third-order valence-corrected chi connectivity index (χ3v) is 3.12. The van der Waals surface area contributed by atoms with Crippen molar-refractivity contribution < 1.29 is 4.74 Å². The highest BCUT2D eigenvalue weighted by molar-refractivity contribution is 7.11. The number of nitrogens with one attached hydrogen (secondary N) is 1. The maximum atomic E-state index is 5.72. The molecule has 2 heterocycles. The summed E-state index contributed by atoms with van der Waals surface area (Å²) in [6.45, 7) is 3.16. The second-order valence-electron chi connectivity index (χ2n) is 3.46. The molecule has 2 aromatic rings. The minimum Gasteiger partial charge on any atom is -0.487 e. The van der Waals surface area contributed by atoms with E-state index in [0.29, 0.717) is 24.7 Å². The molecule has 0 fully saturated rings. The van der Waals surface area contributed by atoms with Gasteiger partial charge < -0.3 is 15.8 Å². The third kappa shape index (κ3) is 2.50. The van der Waals surface area contributed by atoms with Crippen LogP contribution < -0.4 is 15.8 Å². The smallest absolute Gasteiger partial charge is 0.197 e. The summed E-state index contributed by atoms with van der Waals surface area (Å²) in [5.74, 6) is 1.07. The largest absolute Gasteiger partial charge is 0.487 e. The van der Waals surface area contributed by atoms with E-state index in [2.05, 4.69) is 14.8 Å². The van der Waals surface area contributed by atoms with E-state index in [1.54, 1.807) is 6.20 Å². The fraction of sp³-hybridized carbons (Fsp3) is 0.400. The van der Waals surface area contributed by atoms with E-state index < -0.39 is 0 Å². The Morgan fingerprint density at radius 2 is 2.41 bits per heavy atom. The second kappa shape index (κ2) is 5.05. The van der Waals surface area contributed by atoms with E-state index in [9.17, 15) is 0 Å². The van der Waals surface area contributed by atoms with Crippen LogP contribution in [0.1, 0.15) is 12.6 Å². The number of hydrogen-bond donors (Lipinski definition) is 2. The highest BCUT2D eigenvalue weighted by Gasteiger charge is 2.12. The average molecular weight is 253 g/mol. The zero-order valence-corrected chi connectivity index (χ0v) is 10.6. The van der Waals surface area contributed by atoms with Crippen LogP contribution in [0.4, 0.5) is 10.8 Å². The molecule has 6 nitrogen and oxygen atoms in total. The highest BCUT2D eigenvalue weighted by atomic mass is 32.1. The standard InChI is InChI=1S/C10H15N5OS/c1-3-16-8-9(11)14-17-10(8)12-6-7-4-5-13-15(7)2/h4-5,12H,3,6H2,1-2H3,(H2,11,14). The summed E-state index contributed by atoms with van der Waals surface area (Å²) in [5, 5.41) is 8.21. The molecule has 0 aromatic carbocycles. The normalized spacial score (nSPS) is 10.5. The number of nitrogens with zero attached hydrogens (tertiary/aromatic N) is 3. The first-order valence-corrected chi connectivity index (χ1v) is 6.08. The Bertz CT molecular complexity index is 493. The number of aromatic nitrogens is 3. The molecular formula is C10H15N5OS. The van der Waals surface area contributed by atoms with Crippen molar-refractivity contribution in [3.05, 3.63) is 18.0 Å². The van der Waals surface area contributed by atoms with Crippen molar-refractivity contribution in [2.45, 2.75) is 13.5 Å². The van der Waals surface area contributed by atoms with Gasteiger partial charge in [0.05, 0.1) is 18.8 Å². The monoisotopic (exact) mass is 253 g/mol. The molecule has 0 amide bonds. The van der Waals surface area contributed by atoms with Gasteiger partial charge >= 0.3 is 0 Å². The predicted molar refractivity (Wildman–Crippen MR) is 68.2 cm³/mol. The highest BCUT2D eigenvalue weighted by Crippen LogP contribution is 2.35. The van der Waals surface area contributed by atoms with Crippen LogP contribution in [-0.4, -0.2) is 20.8 Å². The fourth-order valence-electron chi connectivity index (χ4n) is 1.44. The Hall–Kier alpha value is -1.76. The molecule has 7 heteroatoms. The summed E-state index contributed by atoms with van der Waals surface area (Å²) < 4.78 is 11.3. The molecule has 3 N–H and O–H groups in total. The molecule has 0 spiro atoms. The molecule has 17 heavy (non-hydrogen) atoms. The summed E-state index contributed by atoms with van der Waals surface area (Å²) in [5.41, 5.74) is 6.81. The SMILES string of the molecule is CCOc1c(N)nsc1NCc1ccnn1C. The van der Waals surface area contributed by atoms with Gasteiger partial charge in [-0.15, -0.1) is 0 Å². The number of ether oxygens (including phenoxy) is 1. The minimum absolute atomic E-state index is 0.435.